The van der Waals surface area contributed by atoms with E-state index in [1.807, 2.05) is 0 Å². The fourth-order valence-electron chi connectivity index (χ4n) is 4.62. The topological polar surface area (TPSA) is 40.6 Å². The summed E-state index contributed by atoms with van der Waals surface area (Å²) in [6.07, 6.45) is -7.86. The van der Waals surface area contributed by atoms with E-state index in [0.717, 1.165) is 12.8 Å². The Kier molecular flexibility index (Phi) is 5.86. The van der Waals surface area contributed by atoms with Crippen molar-refractivity contribution < 1.29 is 35.9 Å². The average molecular weight is 442 g/mol. The highest BCUT2D eigenvalue weighted by molar-refractivity contribution is 5.79. The summed E-state index contributed by atoms with van der Waals surface area (Å²) >= 11 is 0. The van der Waals surface area contributed by atoms with Crippen LogP contribution in [0.2, 0.25) is 0 Å². The largest absolute Gasteiger partial charge is 0.395 e. The quantitative estimate of drug-likeness (QED) is 0.561. The fourth-order valence-corrected chi connectivity index (χ4v) is 4.62. The monoisotopic (exact) mass is 442 g/mol. The Hall–Kier alpha value is -1.48. The molecule has 0 bridgehead atoms. The minimum atomic E-state index is -4.43. The van der Waals surface area contributed by atoms with Crippen molar-refractivity contribution >= 4 is 11.8 Å². The molecule has 2 unspecified atom stereocenters. The molecule has 4 nitrogen and oxygen atoms in total. The Labute approximate surface area is 171 Å². The fraction of sp³-hybridized carbons (Fsp3) is 0.900. The molecule has 3 aliphatic rings. The predicted octanol–water partition coefficient (Wildman–Crippen LogP) is 4.68. The number of hydrogen-bond donors (Lipinski definition) is 0. The van der Waals surface area contributed by atoms with E-state index in [9.17, 15) is 35.9 Å². The molecule has 0 heterocycles. The summed E-state index contributed by atoms with van der Waals surface area (Å²) in [4.78, 5) is 27.8. The van der Waals surface area contributed by atoms with Crippen LogP contribution < -0.4 is 0 Å². The lowest BCUT2D eigenvalue weighted by Crippen LogP contribution is -2.55. The molecule has 0 aliphatic heterocycles. The van der Waals surface area contributed by atoms with Crippen molar-refractivity contribution in [1.82, 2.24) is 9.80 Å². The van der Waals surface area contributed by atoms with Crippen LogP contribution in [0.25, 0.3) is 0 Å². The maximum atomic E-state index is 13.2. The molecule has 0 aromatic rings. The summed E-state index contributed by atoms with van der Waals surface area (Å²) in [5.74, 6) is -1.26. The first-order valence-electron chi connectivity index (χ1n) is 10.4. The molecule has 172 valence electrons. The Morgan fingerprint density at radius 3 is 1.27 bits per heavy atom. The van der Waals surface area contributed by atoms with Crippen LogP contribution in [0.4, 0.5) is 26.3 Å². The highest BCUT2D eigenvalue weighted by Gasteiger charge is 2.65. The van der Waals surface area contributed by atoms with Gasteiger partial charge in [-0.25, -0.2) is 0 Å². The van der Waals surface area contributed by atoms with Crippen LogP contribution in [0.1, 0.15) is 64.2 Å². The SMILES string of the molecule is CN(C(=O)CC1(C(F)(F)F)CC1)C1CCCCC1N(C)C(=O)CC1(C(F)(F)F)CC1. The molecule has 0 N–H and O–H groups in total. The summed E-state index contributed by atoms with van der Waals surface area (Å²) in [7, 11) is 2.88. The number of alkyl halides is 6. The van der Waals surface area contributed by atoms with Gasteiger partial charge in [0, 0.05) is 26.9 Å². The van der Waals surface area contributed by atoms with Gasteiger partial charge >= 0.3 is 12.4 Å². The number of carbonyl (C=O) groups is 2. The van der Waals surface area contributed by atoms with Crippen molar-refractivity contribution in [3.8, 4) is 0 Å². The summed E-state index contributed by atoms with van der Waals surface area (Å²) in [6, 6.07) is -0.990. The molecular weight excluding hydrogens is 414 g/mol. The van der Waals surface area contributed by atoms with Crippen LogP contribution in [0, 0.1) is 10.8 Å². The lowest BCUT2D eigenvalue weighted by atomic mass is 9.87. The maximum absolute atomic E-state index is 13.2. The van der Waals surface area contributed by atoms with Crippen LogP contribution in [0.15, 0.2) is 0 Å². The van der Waals surface area contributed by atoms with Crippen LogP contribution >= 0.6 is 0 Å². The summed E-state index contributed by atoms with van der Waals surface area (Å²) in [6.45, 7) is 0. The Bertz CT molecular complexity index is 624. The molecule has 0 spiro atoms. The van der Waals surface area contributed by atoms with Gasteiger partial charge in [0.25, 0.3) is 0 Å². The molecule has 0 aromatic carbocycles. The maximum Gasteiger partial charge on any atom is 0.395 e. The van der Waals surface area contributed by atoms with Crippen molar-refractivity contribution in [3.63, 3.8) is 0 Å². The van der Waals surface area contributed by atoms with Gasteiger partial charge in [-0.2, -0.15) is 26.3 Å². The Balaban J connectivity index is 1.67. The van der Waals surface area contributed by atoms with E-state index in [0.29, 0.717) is 12.8 Å². The standard InChI is InChI=1S/C20H28F6N2O2/c1-27(15(29)11-17(7-8-17)19(21,22)23)13-5-3-4-6-14(13)28(2)16(30)12-18(9-10-18)20(24,25)26/h13-14H,3-12H2,1-2H3. The summed E-state index contributed by atoms with van der Waals surface area (Å²) in [5.41, 5.74) is -3.90. The summed E-state index contributed by atoms with van der Waals surface area (Å²) < 4.78 is 79.3. The highest BCUT2D eigenvalue weighted by Crippen LogP contribution is 2.61. The van der Waals surface area contributed by atoms with Gasteiger partial charge in [-0.15, -0.1) is 0 Å². The van der Waals surface area contributed by atoms with Crippen molar-refractivity contribution in [3.05, 3.63) is 0 Å². The number of hydrogen-bond acceptors (Lipinski definition) is 2. The van der Waals surface area contributed by atoms with Crippen molar-refractivity contribution in [2.75, 3.05) is 14.1 Å². The molecule has 2 atom stereocenters. The molecule has 3 fully saturated rings. The molecule has 3 aliphatic carbocycles. The molecule has 3 rings (SSSR count). The third kappa shape index (κ3) is 4.28. The van der Waals surface area contributed by atoms with Gasteiger partial charge in [0.1, 0.15) is 0 Å². The van der Waals surface area contributed by atoms with Gasteiger partial charge in [0.05, 0.1) is 22.9 Å². The normalized spacial score (nSPS) is 27.3. The molecule has 3 saturated carbocycles. The molecule has 2 amide bonds. The number of nitrogens with zero attached hydrogens (tertiary/aromatic N) is 2. The molecule has 10 heteroatoms. The minimum absolute atomic E-state index is 0.0674. The molecule has 0 saturated heterocycles. The van der Waals surface area contributed by atoms with E-state index in [4.69, 9.17) is 0 Å². The zero-order chi connectivity index (χ0) is 22.5. The Morgan fingerprint density at radius 1 is 0.733 bits per heavy atom. The third-order valence-corrected chi connectivity index (χ3v) is 7.36. The van der Waals surface area contributed by atoms with Gasteiger partial charge in [0.2, 0.25) is 11.8 Å². The van der Waals surface area contributed by atoms with Crippen molar-refractivity contribution in [2.45, 2.75) is 88.6 Å². The zero-order valence-electron chi connectivity index (χ0n) is 17.2. The van der Waals surface area contributed by atoms with Gasteiger partial charge in [-0.05, 0) is 38.5 Å². The van der Waals surface area contributed by atoms with Gasteiger partial charge in [-0.1, -0.05) is 12.8 Å². The molecule has 0 radical (unpaired) electrons. The van der Waals surface area contributed by atoms with Crippen LogP contribution in [0.5, 0.6) is 0 Å². The van der Waals surface area contributed by atoms with Crippen LogP contribution in [0.3, 0.4) is 0 Å². The second kappa shape index (κ2) is 7.58. The highest BCUT2D eigenvalue weighted by atomic mass is 19.4. The van der Waals surface area contributed by atoms with E-state index in [1.54, 1.807) is 0 Å². The van der Waals surface area contributed by atoms with Gasteiger partial charge in [0.15, 0.2) is 0 Å². The first kappa shape index (κ1) is 23.2. The average Bonchev–Trinajstić information content (AvgIpc) is 3.55. The molecule has 0 aromatic heterocycles. The lowest BCUT2D eigenvalue weighted by molar-refractivity contribution is -0.194. The van der Waals surface area contributed by atoms with Crippen LogP contribution in [-0.4, -0.2) is 60.1 Å². The minimum Gasteiger partial charge on any atom is -0.341 e. The number of halogens is 6. The van der Waals surface area contributed by atoms with Crippen LogP contribution in [-0.2, 0) is 9.59 Å². The second-order valence-corrected chi connectivity index (χ2v) is 9.34. The van der Waals surface area contributed by atoms with Crippen molar-refractivity contribution in [2.24, 2.45) is 10.8 Å². The smallest absolute Gasteiger partial charge is 0.341 e. The second-order valence-electron chi connectivity index (χ2n) is 9.34. The van der Waals surface area contributed by atoms with E-state index in [-0.39, 0.29) is 25.7 Å². The van der Waals surface area contributed by atoms with E-state index in [2.05, 4.69) is 0 Å². The predicted molar refractivity (Wildman–Crippen MR) is 96.3 cm³/mol. The van der Waals surface area contributed by atoms with Crippen molar-refractivity contribution in [1.29, 1.82) is 0 Å². The van der Waals surface area contributed by atoms with Gasteiger partial charge < -0.3 is 9.80 Å². The van der Waals surface area contributed by atoms with Gasteiger partial charge in [-0.3, -0.25) is 9.59 Å². The van der Waals surface area contributed by atoms with E-state index in [1.165, 1.54) is 23.9 Å². The first-order chi connectivity index (χ1) is 13.7. The van der Waals surface area contributed by atoms with E-state index < -0.39 is 59.9 Å². The number of amides is 2. The molecular formula is C20H28F6N2O2. The van der Waals surface area contributed by atoms with E-state index >= 15 is 0 Å². The number of likely N-dealkylation sites (N-methyl/N-ethyl adjacent to an activating group) is 2. The third-order valence-electron chi connectivity index (χ3n) is 7.36. The zero-order valence-corrected chi connectivity index (χ0v) is 17.2. The lowest BCUT2D eigenvalue weighted by Gasteiger charge is -2.43. The summed E-state index contributed by atoms with van der Waals surface area (Å²) in [5, 5.41) is 0. The number of carbonyl (C=O) groups excluding carboxylic acids is 2. The molecule has 30 heavy (non-hydrogen) atoms. The number of rotatable bonds is 6. The Morgan fingerprint density at radius 2 is 1.03 bits per heavy atom. The first-order valence-corrected chi connectivity index (χ1v) is 10.4.